The summed E-state index contributed by atoms with van der Waals surface area (Å²) in [5, 5.41) is 23.9. The predicted molar refractivity (Wildman–Crippen MR) is 307 cm³/mol. The van der Waals surface area contributed by atoms with Crippen molar-refractivity contribution in [2.75, 3.05) is 23.8 Å². The Kier molecular flexibility index (Phi) is 18.3. The SMILES string of the molecule is C.CC(C)(C)c1ncc(C(=O)O)s1.Cn1cc(Nc2nccc(-c3ccc4c(c3)OCCC4CC(=O)c3cnc(C(C)(C)C)s3)n2)cn1.Cn1cnc(Nc2nccc(-c3ccc4c(c3)OCCC4NC(=O)OC(C)(C)C)n2)c1. The summed E-state index contributed by atoms with van der Waals surface area (Å²) in [4.78, 5) is 67.4. The van der Waals surface area contributed by atoms with Crippen LogP contribution in [0.2, 0.25) is 0 Å². The number of Topliss-reactive ketones (excluding diaryl/α,β-unsaturated/α-hetero) is 1. The number of ether oxygens (including phenoxy) is 3. The zero-order chi connectivity index (χ0) is 55.9. The van der Waals surface area contributed by atoms with Gasteiger partial charge in [0.15, 0.2) is 11.6 Å². The molecular weight excluding hydrogens is 1040 g/mol. The lowest BCUT2D eigenvalue weighted by molar-refractivity contribution is 0.0490. The average molecular weight is 1110 g/mol. The molecule has 2 unspecified atom stereocenters. The number of fused-ring (bicyclic) bond motifs is 2. The minimum atomic E-state index is -0.900. The quantitative estimate of drug-likeness (QED) is 0.0879. The largest absolute Gasteiger partial charge is 0.493 e. The van der Waals surface area contributed by atoms with Crippen LogP contribution < -0.4 is 25.4 Å². The number of nitrogens with one attached hydrogen (secondary N) is 3. The number of carboxylic acid groups (broad SMARTS) is 1. The van der Waals surface area contributed by atoms with Crippen molar-refractivity contribution >= 4 is 63.9 Å². The Morgan fingerprint density at radius 1 is 0.709 bits per heavy atom. The number of thiazole rings is 2. The van der Waals surface area contributed by atoms with Crippen LogP contribution in [0.25, 0.3) is 22.5 Å². The van der Waals surface area contributed by atoms with Crippen LogP contribution in [0.4, 0.5) is 28.2 Å². The summed E-state index contributed by atoms with van der Waals surface area (Å²) < 4.78 is 20.8. The van der Waals surface area contributed by atoms with Crippen LogP contribution in [0, 0.1) is 0 Å². The number of carbonyl (C=O) groups excluding carboxylic acids is 2. The Hall–Kier alpha value is -8.11. The zero-order valence-electron chi connectivity index (χ0n) is 45.6. The van der Waals surface area contributed by atoms with Gasteiger partial charge in [-0.15, -0.1) is 22.7 Å². The van der Waals surface area contributed by atoms with Gasteiger partial charge in [0, 0.05) is 85.4 Å². The summed E-state index contributed by atoms with van der Waals surface area (Å²) in [6.07, 6.45) is 15.2. The van der Waals surface area contributed by atoms with E-state index in [9.17, 15) is 14.4 Å². The van der Waals surface area contributed by atoms with Gasteiger partial charge in [-0.2, -0.15) is 5.10 Å². The molecule has 1 amide bonds. The molecule has 20 nitrogen and oxygen atoms in total. The van der Waals surface area contributed by atoms with Gasteiger partial charge in [-0.3, -0.25) is 9.48 Å². The molecule has 416 valence electrons. The number of amides is 1. The molecule has 8 heterocycles. The molecule has 2 aliphatic rings. The third kappa shape index (κ3) is 15.8. The monoisotopic (exact) mass is 1110 g/mol. The molecule has 2 atom stereocenters. The molecule has 22 heteroatoms. The van der Waals surface area contributed by atoms with Gasteiger partial charge in [-0.1, -0.05) is 73.2 Å². The van der Waals surface area contributed by atoms with Gasteiger partial charge in [0.2, 0.25) is 11.9 Å². The third-order valence-corrected chi connectivity index (χ3v) is 14.8. The first kappa shape index (κ1) is 58.6. The molecule has 6 aromatic heterocycles. The van der Waals surface area contributed by atoms with Crippen LogP contribution in [0.3, 0.4) is 0 Å². The second-order valence-electron chi connectivity index (χ2n) is 21.8. The maximum absolute atomic E-state index is 13.0. The minimum absolute atomic E-state index is 0. The molecule has 0 saturated carbocycles. The highest BCUT2D eigenvalue weighted by Gasteiger charge is 2.29. The van der Waals surface area contributed by atoms with Gasteiger partial charge in [0.1, 0.15) is 22.0 Å². The van der Waals surface area contributed by atoms with Crippen molar-refractivity contribution in [2.24, 2.45) is 14.1 Å². The number of benzene rings is 2. The number of imidazole rings is 1. The van der Waals surface area contributed by atoms with E-state index in [0.29, 0.717) is 48.6 Å². The van der Waals surface area contributed by atoms with Crippen molar-refractivity contribution in [1.82, 2.24) is 54.6 Å². The normalized spacial score (nSPS) is 14.7. The summed E-state index contributed by atoms with van der Waals surface area (Å²) in [5.74, 6) is 2.52. The lowest BCUT2D eigenvalue weighted by Crippen LogP contribution is -2.36. The molecule has 2 aromatic carbocycles. The molecule has 79 heavy (non-hydrogen) atoms. The maximum atomic E-state index is 13.0. The van der Waals surface area contributed by atoms with E-state index in [1.54, 1.807) is 35.8 Å². The number of nitrogens with zero attached hydrogens (tertiary/aromatic N) is 10. The van der Waals surface area contributed by atoms with Crippen molar-refractivity contribution in [3.8, 4) is 34.0 Å². The van der Waals surface area contributed by atoms with E-state index in [-0.39, 0.29) is 36.0 Å². The molecule has 10 rings (SSSR count). The van der Waals surface area contributed by atoms with Gasteiger partial charge in [-0.05, 0) is 62.9 Å². The van der Waals surface area contributed by atoms with Gasteiger partial charge in [-0.25, -0.2) is 44.5 Å². The van der Waals surface area contributed by atoms with E-state index in [1.165, 1.54) is 28.9 Å². The van der Waals surface area contributed by atoms with Gasteiger partial charge < -0.3 is 39.8 Å². The lowest BCUT2D eigenvalue weighted by Gasteiger charge is -2.28. The smallest absolute Gasteiger partial charge is 0.408 e. The van der Waals surface area contributed by atoms with Crippen LogP contribution in [0.5, 0.6) is 11.5 Å². The molecular formula is C57H69N13O7S2. The van der Waals surface area contributed by atoms with Crippen LogP contribution in [-0.4, -0.2) is 91.0 Å². The van der Waals surface area contributed by atoms with Crippen LogP contribution in [0.15, 0.2) is 98.2 Å². The van der Waals surface area contributed by atoms with Crippen LogP contribution in [-0.2, 0) is 29.7 Å². The first-order chi connectivity index (χ1) is 36.9. The molecule has 0 saturated heterocycles. The van der Waals surface area contributed by atoms with E-state index in [2.05, 4.69) is 82.8 Å². The molecule has 8 aromatic rings. The average Bonchev–Trinajstić information content (AvgIpc) is 4.25. The number of aromatic carboxylic acids is 1. The van der Waals surface area contributed by atoms with E-state index < -0.39 is 17.7 Å². The van der Waals surface area contributed by atoms with Crippen LogP contribution in [0.1, 0.15) is 141 Å². The fraction of sp³-hybridized carbons (Fsp3) is 0.386. The molecule has 0 aliphatic carbocycles. The predicted octanol–water partition coefficient (Wildman–Crippen LogP) is 12.3. The highest BCUT2D eigenvalue weighted by molar-refractivity contribution is 7.14. The van der Waals surface area contributed by atoms with Crippen molar-refractivity contribution in [1.29, 1.82) is 0 Å². The highest BCUT2D eigenvalue weighted by atomic mass is 32.1. The molecule has 2 aliphatic heterocycles. The summed E-state index contributed by atoms with van der Waals surface area (Å²) in [7, 11) is 3.75. The Morgan fingerprint density at radius 2 is 1.28 bits per heavy atom. The number of hydrogen-bond acceptors (Lipinski definition) is 18. The van der Waals surface area contributed by atoms with E-state index in [0.717, 1.165) is 72.1 Å². The summed E-state index contributed by atoms with van der Waals surface area (Å²) >= 11 is 2.74. The number of anilines is 4. The maximum Gasteiger partial charge on any atom is 0.408 e. The third-order valence-electron chi connectivity index (χ3n) is 11.9. The van der Waals surface area contributed by atoms with E-state index in [4.69, 9.17) is 19.3 Å². The van der Waals surface area contributed by atoms with Gasteiger partial charge in [0.25, 0.3) is 0 Å². The number of rotatable bonds is 11. The summed E-state index contributed by atoms with van der Waals surface area (Å²) in [5.41, 5.74) is 5.51. The number of aromatic nitrogens is 10. The Labute approximate surface area is 468 Å². The number of ketones is 1. The number of alkyl carbamates (subject to hydrolysis) is 1. The van der Waals surface area contributed by atoms with Gasteiger partial charge in [0.05, 0.1) is 69.9 Å². The summed E-state index contributed by atoms with van der Waals surface area (Å²) in [6.45, 7) is 19.0. The van der Waals surface area contributed by atoms with E-state index >= 15 is 0 Å². The second-order valence-corrected chi connectivity index (χ2v) is 23.8. The molecule has 4 N–H and O–H groups in total. The molecule has 0 fully saturated rings. The Bertz CT molecular complexity index is 3400. The fourth-order valence-corrected chi connectivity index (χ4v) is 9.88. The van der Waals surface area contributed by atoms with Crippen LogP contribution >= 0.6 is 22.7 Å². The standard InChI is InChI=1S/C26H28N6O2S.C22H26N6O3.C8H11NO2S.CH4/c1-26(2,3)24-28-14-23(35-24)21(33)11-16-8-10-34-22-12-17(5-6-19(16)22)20-7-9-27-25(31-20)30-18-13-29-32(4)15-18;1-22(2,3)31-21(29)26-17-8-10-30-18-11-14(5-6-15(17)18)16-7-9-23-20(25-16)27-19-12-28(4)13-24-19;1-8(2,3)7-9-4-5(12-7)6(10)11;/h5-7,9,12-16H,8,10-11H2,1-4H3,(H,27,30,31);5-7,9,11-13,17H,8,10H2,1-4H3,(H,26,29)(H,23,25,27);4H,1-3H3,(H,10,11);1H4. The summed E-state index contributed by atoms with van der Waals surface area (Å²) in [6, 6.07) is 15.5. The fourth-order valence-electron chi connectivity index (χ4n) is 8.14. The van der Waals surface area contributed by atoms with E-state index in [1.807, 2.05) is 115 Å². The Morgan fingerprint density at radius 3 is 1.81 bits per heavy atom. The lowest BCUT2D eigenvalue weighted by atomic mass is 9.87. The topological polar surface area (TPSA) is 248 Å². The highest BCUT2D eigenvalue weighted by Crippen LogP contribution is 2.40. The zero-order valence-corrected chi connectivity index (χ0v) is 47.2. The number of carboxylic acids is 1. The Balaban J connectivity index is 0.000000188. The number of carbonyl (C=O) groups is 3. The second kappa shape index (κ2) is 24.7. The molecule has 0 radical (unpaired) electrons. The van der Waals surface area contributed by atoms with Crippen molar-refractivity contribution in [3.05, 3.63) is 129 Å². The first-order valence-corrected chi connectivity index (χ1v) is 27.0. The number of aryl methyl sites for hydroxylation is 2. The minimum Gasteiger partial charge on any atom is -0.493 e. The van der Waals surface area contributed by atoms with Crippen molar-refractivity contribution in [3.63, 3.8) is 0 Å². The van der Waals surface area contributed by atoms with Crippen molar-refractivity contribution in [2.45, 2.75) is 117 Å². The number of hydrogen-bond donors (Lipinski definition) is 4. The first-order valence-electron chi connectivity index (χ1n) is 25.3. The van der Waals surface area contributed by atoms with Crippen molar-refractivity contribution < 1.29 is 33.7 Å². The molecule has 0 bridgehead atoms. The molecule has 0 spiro atoms. The van der Waals surface area contributed by atoms with Gasteiger partial charge >= 0.3 is 12.1 Å².